The van der Waals surface area contributed by atoms with Gasteiger partial charge < -0.3 is 14.6 Å². The van der Waals surface area contributed by atoms with Crippen molar-refractivity contribution in [1.29, 1.82) is 0 Å². The van der Waals surface area contributed by atoms with Gasteiger partial charge >= 0.3 is 0 Å². The van der Waals surface area contributed by atoms with Crippen LogP contribution in [0.15, 0.2) is 36.7 Å². The molecule has 2 aromatic rings. The number of aryl methyl sites for hydroxylation is 1. The molecule has 1 aliphatic heterocycles. The average Bonchev–Trinajstić information content (AvgIpc) is 3.33. The van der Waals surface area contributed by atoms with E-state index in [9.17, 15) is 4.79 Å². The van der Waals surface area contributed by atoms with Crippen LogP contribution in [0.3, 0.4) is 0 Å². The van der Waals surface area contributed by atoms with Crippen LogP contribution in [0.1, 0.15) is 35.7 Å². The molecule has 1 amide bonds. The van der Waals surface area contributed by atoms with Crippen molar-refractivity contribution >= 4 is 5.91 Å². The second kappa shape index (κ2) is 7.82. The Bertz CT molecular complexity index is 782. The Balaban J connectivity index is 1.45. The number of methoxy groups -OCH3 is 1. The van der Waals surface area contributed by atoms with Crippen LogP contribution in [-0.4, -0.2) is 46.6 Å². The van der Waals surface area contributed by atoms with Crippen molar-refractivity contribution in [2.45, 2.75) is 38.0 Å². The van der Waals surface area contributed by atoms with Crippen molar-refractivity contribution in [2.24, 2.45) is 13.0 Å². The standard InChI is InChI=1S/C21H28N4O2/c1-24-10-9-22-20(24)18-12-25(13-19(18)23-21(26)17-7-8-17)11-15-3-5-16(6-4-15)14-27-2/h3-6,9-10,17-19H,7-8,11-14H2,1-2H3,(H,23,26)/t18-,19-/m1/s1. The summed E-state index contributed by atoms with van der Waals surface area (Å²) in [5, 5.41) is 3.30. The fourth-order valence-electron chi connectivity index (χ4n) is 3.97. The molecule has 0 unspecified atom stereocenters. The largest absolute Gasteiger partial charge is 0.380 e. The molecule has 0 bridgehead atoms. The third-order valence-electron chi connectivity index (χ3n) is 5.60. The third-order valence-corrected chi connectivity index (χ3v) is 5.60. The summed E-state index contributed by atoms with van der Waals surface area (Å²) in [5.74, 6) is 1.72. The molecule has 0 spiro atoms. The highest BCUT2D eigenvalue weighted by molar-refractivity contribution is 5.81. The van der Waals surface area contributed by atoms with Crippen LogP contribution in [-0.2, 0) is 29.7 Å². The second-order valence-corrected chi connectivity index (χ2v) is 7.84. The van der Waals surface area contributed by atoms with Crippen molar-refractivity contribution in [3.63, 3.8) is 0 Å². The number of carbonyl (C=O) groups excluding carboxylic acids is 1. The van der Waals surface area contributed by atoms with Crippen LogP contribution in [0.25, 0.3) is 0 Å². The monoisotopic (exact) mass is 368 g/mol. The van der Waals surface area contributed by atoms with Gasteiger partial charge in [-0.2, -0.15) is 0 Å². The van der Waals surface area contributed by atoms with E-state index in [1.165, 1.54) is 11.1 Å². The van der Waals surface area contributed by atoms with E-state index in [0.29, 0.717) is 6.61 Å². The molecule has 6 heteroatoms. The van der Waals surface area contributed by atoms with Crippen LogP contribution < -0.4 is 5.32 Å². The summed E-state index contributed by atoms with van der Waals surface area (Å²) in [5.41, 5.74) is 2.46. The normalized spacial score (nSPS) is 22.9. The number of carbonyl (C=O) groups is 1. The Morgan fingerprint density at radius 2 is 1.96 bits per heavy atom. The summed E-state index contributed by atoms with van der Waals surface area (Å²) < 4.78 is 7.26. The zero-order chi connectivity index (χ0) is 18.8. The molecule has 144 valence electrons. The minimum atomic E-state index is 0.118. The number of imidazole rings is 1. The maximum atomic E-state index is 12.4. The SMILES string of the molecule is COCc1ccc(CN2C[C@@H](NC(=O)C3CC3)[C@H](c3nccn3C)C2)cc1. The van der Waals surface area contributed by atoms with E-state index < -0.39 is 0 Å². The van der Waals surface area contributed by atoms with Crippen molar-refractivity contribution in [3.8, 4) is 0 Å². The summed E-state index contributed by atoms with van der Waals surface area (Å²) in [4.78, 5) is 19.3. The molecule has 1 saturated carbocycles. The van der Waals surface area contributed by atoms with E-state index in [4.69, 9.17) is 4.74 Å². The molecule has 2 fully saturated rings. The van der Waals surface area contributed by atoms with Crippen molar-refractivity contribution in [1.82, 2.24) is 19.8 Å². The Labute approximate surface area is 160 Å². The van der Waals surface area contributed by atoms with Gasteiger partial charge in [0.05, 0.1) is 18.6 Å². The molecule has 1 aromatic carbocycles. The van der Waals surface area contributed by atoms with E-state index in [1.807, 2.05) is 19.4 Å². The van der Waals surface area contributed by atoms with Gasteiger partial charge in [0.2, 0.25) is 5.91 Å². The number of hydrogen-bond acceptors (Lipinski definition) is 4. The summed E-state index contributed by atoms with van der Waals surface area (Å²) in [7, 11) is 3.74. The number of benzene rings is 1. The summed E-state index contributed by atoms with van der Waals surface area (Å²) in [6, 6.07) is 8.70. The predicted octanol–water partition coefficient (Wildman–Crippen LogP) is 2.06. The highest BCUT2D eigenvalue weighted by atomic mass is 16.5. The molecule has 4 rings (SSSR count). The number of nitrogens with one attached hydrogen (secondary N) is 1. The summed E-state index contributed by atoms with van der Waals surface area (Å²) >= 11 is 0. The topological polar surface area (TPSA) is 59.4 Å². The first-order chi connectivity index (χ1) is 13.1. The van der Waals surface area contributed by atoms with Gasteiger partial charge in [-0.1, -0.05) is 24.3 Å². The number of likely N-dealkylation sites (tertiary alicyclic amines) is 1. The number of amides is 1. The maximum Gasteiger partial charge on any atom is 0.223 e. The zero-order valence-corrected chi connectivity index (χ0v) is 16.1. The van der Waals surface area contributed by atoms with Crippen molar-refractivity contribution < 1.29 is 9.53 Å². The lowest BCUT2D eigenvalue weighted by Crippen LogP contribution is -2.41. The molecular formula is C21H28N4O2. The summed E-state index contributed by atoms with van der Waals surface area (Å²) in [6.07, 6.45) is 5.88. The predicted molar refractivity (Wildman–Crippen MR) is 103 cm³/mol. The fourth-order valence-corrected chi connectivity index (χ4v) is 3.97. The van der Waals surface area contributed by atoms with E-state index >= 15 is 0 Å². The number of ether oxygens (including phenoxy) is 1. The first-order valence-corrected chi connectivity index (χ1v) is 9.70. The van der Waals surface area contributed by atoms with Gasteiger partial charge in [-0.05, 0) is 24.0 Å². The van der Waals surface area contributed by atoms with Gasteiger partial charge in [0.15, 0.2) is 0 Å². The van der Waals surface area contributed by atoms with Gasteiger partial charge in [-0.15, -0.1) is 0 Å². The Morgan fingerprint density at radius 1 is 1.22 bits per heavy atom. The quantitative estimate of drug-likeness (QED) is 0.813. The average molecular weight is 368 g/mol. The van der Waals surface area contributed by atoms with Gasteiger partial charge in [0, 0.05) is 52.1 Å². The van der Waals surface area contributed by atoms with Gasteiger partial charge in [0.25, 0.3) is 0 Å². The molecule has 0 radical (unpaired) electrons. The molecule has 2 aliphatic rings. The Morgan fingerprint density at radius 3 is 2.59 bits per heavy atom. The van der Waals surface area contributed by atoms with Crippen LogP contribution in [0.2, 0.25) is 0 Å². The van der Waals surface area contributed by atoms with Crippen LogP contribution >= 0.6 is 0 Å². The van der Waals surface area contributed by atoms with Gasteiger partial charge in [-0.3, -0.25) is 9.69 Å². The molecule has 1 aliphatic carbocycles. The molecule has 1 N–H and O–H groups in total. The lowest BCUT2D eigenvalue weighted by Gasteiger charge is -2.19. The maximum absolute atomic E-state index is 12.4. The third kappa shape index (κ3) is 4.22. The highest BCUT2D eigenvalue weighted by Crippen LogP contribution is 2.32. The van der Waals surface area contributed by atoms with E-state index in [2.05, 4.69) is 44.0 Å². The van der Waals surface area contributed by atoms with E-state index in [0.717, 1.165) is 38.3 Å². The Hall–Kier alpha value is -2.18. The van der Waals surface area contributed by atoms with Gasteiger partial charge in [0.1, 0.15) is 5.82 Å². The molecule has 2 atom stereocenters. The zero-order valence-electron chi connectivity index (χ0n) is 16.1. The second-order valence-electron chi connectivity index (χ2n) is 7.84. The van der Waals surface area contributed by atoms with Crippen molar-refractivity contribution in [2.75, 3.05) is 20.2 Å². The molecule has 6 nitrogen and oxygen atoms in total. The first-order valence-electron chi connectivity index (χ1n) is 9.70. The lowest BCUT2D eigenvalue weighted by atomic mass is 10.0. The smallest absolute Gasteiger partial charge is 0.223 e. The Kier molecular flexibility index (Phi) is 5.27. The van der Waals surface area contributed by atoms with Crippen LogP contribution in [0.5, 0.6) is 0 Å². The fraction of sp³-hybridized carbons (Fsp3) is 0.524. The molecule has 2 heterocycles. The molecular weight excluding hydrogens is 340 g/mol. The minimum Gasteiger partial charge on any atom is -0.380 e. The number of rotatable bonds is 7. The van der Waals surface area contributed by atoms with Crippen molar-refractivity contribution in [3.05, 3.63) is 53.6 Å². The van der Waals surface area contributed by atoms with E-state index in [-0.39, 0.29) is 23.8 Å². The minimum absolute atomic E-state index is 0.118. The van der Waals surface area contributed by atoms with Crippen LogP contribution in [0.4, 0.5) is 0 Å². The number of hydrogen-bond donors (Lipinski definition) is 1. The molecule has 27 heavy (non-hydrogen) atoms. The summed E-state index contributed by atoms with van der Waals surface area (Å²) in [6.45, 7) is 3.28. The highest BCUT2D eigenvalue weighted by Gasteiger charge is 2.39. The number of nitrogens with zero attached hydrogens (tertiary/aromatic N) is 3. The number of aromatic nitrogens is 2. The van der Waals surface area contributed by atoms with Crippen LogP contribution in [0, 0.1) is 5.92 Å². The molecule has 1 saturated heterocycles. The lowest BCUT2D eigenvalue weighted by molar-refractivity contribution is -0.123. The van der Waals surface area contributed by atoms with E-state index in [1.54, 1.807) is 7.11 Å². The van der Waals surface area contributed by atoms with Gasteiger partial charge in [-0.25, -0.2) is 4.98 Å². The molecule has 1 aromatic heterocycles. The first kappa shape index (κ1) is 18.2.